The van der Waals surface area contributed by atoms with Crippen LogP contribution in [0.4, 0.5) is 4.79 Å². The summed E-state index contributed by atoms with van der Waals surface area (Å²) in [6.45, 7) is 6.78. The van der Waals surface area contributed by atoms with Crippen molar-refractivity contribution in [3.63, 3.8) is 0 Å². The third-order valence-corrected chi connectivity index (χ3v) is 6.75. The molecule has 2 aromatic rings. The van der Waals surface area contributed by atoms with Crippen LogP contribution in [0.3, 0.4) is 0 Å². The van der Waals surface area contributed by atoms with Crippen molar-refractivity contribution in [3.8, 4) is 0 Å². The average Bonchev–Trinajstić information content (AvgIpc) is 3.19. The first-order valence-electron chi connectivity index (χ1n) is 9.85. The summed E-state index contributed by atoms with van der Waals surface area (Å²) in [5.74, 6) is 0.811. The average molecular weight is 433 g/mol. The van der Waals surface area contributed by atoms with E-state index in [9.17, 15) is 9.59 Å². The number of benzene rings is 1. The summed E-state index contributed by atoms with van der Waals surface area (Å²) >= 11 is 3.41. The van der Waals surface area contributed by atoms with E-state index in [2.05, 4.69) is 16.8 Å². The summed E-state index contributed by atoms with van der Waals surface area (Å²) in [5, 5.41) is 5.22. The number of thioether (sulfide) groups is 1. The van der Waals surface area contributed by atoms with E-state index in [0.717, 1.165) is 23.5 Å². The highest BCUT2D eigenvalue weighted by Crippen LogP contribution is 2.28. The molecule has 3 rings (SSSR count). The first-order chi connectivity index (χ1) is 13.8. The normalized spacial score (nSPS) is 15.2. The highest BCUT2D eigenvalue weighted by atomic mass is 32.2. The number of nitrogens with zero attached hydrogens (tertiary/aromatic N) is 1. The molecular weight excluding hydrogens is 404 g/mol. The topological polar surface area (TPSA) is 58.6 Å². The van der Waals surface area contributed by atoms with E-state index in [1.54, 1.807) is 28.0 Å². The molecule has 1 N–H and O–H groups in total. The van der Waals surface area contributed by atoms with Crippen molar-refractivity contribution in [1.29, 1.82) is 0 Å². The number of ether oxygens (including phenoxy) is 1. The summed E-state index contributed by atoms with van der Waals surface area (Å²) in [7, 11) is 0. The van der Waals surface area contributed by atoms with E-state index in [4.69, 9.17) is 4.74 Å². The van der Waals surface area contributed by atoms with Crippen LogP contribution in [0.5, 0.6) is 0 Å². The zero-order valence-corrected chi connectivity index (χ0v) is 18.8. The number of carbonyl (C=O) groups excluding carboxylic acids is 2. The molecule has 5 nitrogen and oxygen atoms in total. The molecular formula is C22H28N2O3S2. The maximum absolute atomic E-state index is 12.9. The maximum Gasteiger partial charge on any atom is 0.410 e. The van der Waals surface area contributed by atoms with Gasteiger partial charge in [-0.25, -0.2) is 4.79 Å². The van der Waals surface area contributed by atoms with E-state index in [-0.39, 0.29) is 18.0 Å². The molecule has 2 heterocycles. The van der Waals surface area contributed by atoms with Gasteiger partial charge in [-0.2, -0.15) is 0 Å². The first-order valence-corrected chi connectivity index (χ1v) is 11.7. The Morgan fingerprint density at radius 1 is 1.17 bits per heavy atom. The van der Waals surface area contributed by atoms with Crippen LogP contribution in [0.15, 0.2) is 46.7 Å². The molecule has 2 amide bonds. The number of likely N-dealkylation sites (tertiary alicyclic amines) is 1. The second kappa shape index (κ2) is 9.67. The van der Waals surface area contributed by atoms with Crippen molar-refractivity contribution in [2.75, 3.05) is 13.1 Å². The minimum Gasteiger partial charge on any atom is -0.444 e. The molecule has 1 aliphatic rings. The summed E-state index contributed by atoms with van der Waals surface area (Å²) in [4.78, 5) is 29.1. The molecule has 1 aromatic heterocycles. The second-order valence-corrected chi connectivity index (χ2v) is 10.1. The number of hydrogen-bond acceptors (Lipinski definition) is 5. The molecule has 7 heteroatoms. The Kier molecular flexibility index (Phi) is 7.24. The molecule has 29 heavy (non-hydrogen) atoms. The van der Waals surface area contributed by atoms with Crippen LogP contribution in [0.25, 0.3) is 0 Å². The third-order valence-electron chi connectivity index (χ3n) is 4.56. The van der Waals surface area contributed by atoms with Gasteiger partial charge in [-0.05, 0) is 57.2 Å². The number of hydrogen-bond donors (Lipinski definition) is 1. The SMILES string of the molecule is CC(C)(C)OC(=O)N1CCC(NC(=O)c2ccccc2SCc2cccs2)CC1. The van der Waals surface area contributed by atoms with Crippen molar-refractivity contribution < 1.29 is 14.3 Å². The standard InChI is InChI=1S/C22H28N2O3S2/c1-22(2,3)27-21(26)24-12-10-16(11-13-24)23-20(25)18-8-4-5-9-19(18)29-15-17-7-6-14-28-17/h4-9,14,16H,10-13,15H2,1-3H3,(H,23,25). The van der Waals surface area contributed by atoms with Gasteiger partial charge in [0.25, 0.3) is 5.91 Å². The number of nitrogens with one attached hydrogen (secondary N) is 1. The smallest absolute Gasteiger partial charge is 0.410 e. The zero-order chi connectivity index (χ0) is 20.9. The largest absolute Gasteiger partial charge is 0.444 e. The van der Waals surface area contributed by atoms with Crippen LogP contribution in [-0.4, -0.2) is 41.6 Å². The van der Waals surface area contributed by atoms with Crippen LogP contribution in [-0.2, 0) is 10.5 Å². The lowest BCUT2D eigenvalue weighted by molar-refractivity contribution is 0.0199. The minimum absolute atomic E-state index is 0.0463. The Hall–Kier alpha value is -1.99. The molecule has 0 saturated carbocycles. The van der Waals surface area contributed by atoms with Crippen LogP contribution >= 0.6 is 23.1 Å². The predicted molar refractivity (Wildman–Crippen MR) is 119 cm³/mol. The van der Waals surface area contributed by atoms with Gasteiger partial charge in [0.2, 0.25) is 0 Å². The summed E-state index contributed by atoms with van der Waals surface area (Å²) in [6, 6.07) is 12.0. The highest BCUT2D eigenvalue weighted by Gasteiger charge is 2.28. The van der Waals surface area contributed by atoms with Gasteiger partial charge in [-0.3, -0.25) is 4.79 Å². The Bertz CT molecular complexity index is 823. The van der Waals surface area contributed by atoms with Crippen LogP contribution < -0.4 is 5.32 Å². The molecule has 0 aliphatic carbocycles. The Morgan fingerprint density at radius 3 is 2.55 bits per heavy atom. The van der Waals surface area contributed by atoms with Gasteiger partial charge in [-0.15, -0.1) is 23.1 Å². The Balaban J connectivity index is 1.53. The predicted octanol–water partition coefficient (Wildman–Crippen LogP) is 5.17. The fraction of sp³-hybridized carbons (Fsp3) is 0.455. The van der Waals surface area contributed by atoms with E-state index < -0.39 is 5.60 Å². The molecule has 0 radical (unpaired) electrons. The fourth-order valence-electron chi connectivity index (χ4n) is 3.12. The van der Waals surface area contributed by atoms with E-state index in [1.807, 2.05) is 51.1 Å². The highest BCUT2D eigenvalue weighted by molar-refractivity contribution is 7.98. The van der Waals surface area contributed by atoms with E-state index >= 15 is 0 Å². The molecule has 0 bridgehead atoms. The number of rotatable bonds is 5. The Morgan fingerprint density at radius 2 is 1.90 bits per heavy atom. The molecule has 0 spiro atoms. The summed E-state index contributed by atoms with van der Waals surface area (Å²) < 4.78 is 5.43. The van der Waals surface area contributed by atoms with Gasteiger partial charge in [0.1, 0.15) is 5.60 Å². The van der Waals surface area contributed by atoms with E-state index in [0.29, 0.717) is 18.7 Å². The van der Waals surface area contributed by atoms with Crippen molar-refractivity contribution in [2.24, 2.45) is 0 Å². The quantitative estimate of drug-likeness (QED) is 0.662. The van der Waals surface area contributed by atoms with Gasteiger partial charge < -0.3 is 15.0 Å². The molecule has 1 aliphatic heterocycles. The van der Waals surface area contributed by atoms with Gasteiger partial charge in [0, 0.05) is 34.7 Å². The minimum atomic E-state index is -0.493. The summed E-state index contributed by atoms with van der Waals surface area (Å²) in [5.41, 5.74) is 0.218. The Labute approximate surface area is 180 Å². The van der Waals surface area contributed by atoms with Gasteiger partial charge >= 0.3 is 6.09 Å². The molecule has 1 saturated heterocycles. The summed E-state index contributed by atoms with van der Waals surface area (Å²) in [6.07, 6.45) is 1.18. The van der Waals surface area contributed by atoms with E-state index in [1.165, 1.54) is 4.88 Å². The van der Waals surface area contributed by atoms with Gasteiger partial charge in [0.15, 0.2) is 0 Å². The molecule has 156 valence electrons. The van der Waals surface area contributed by atoms with Crippen LogP contribution in [0.1, 0.15) is 48.8 Å². The fourth-order valence-corrected chi connectivity index (χ4v) is 4.94. The molecule has 1 aromatic carbocycles. The lowest BCUT2D eigenvalue weighted by Gasteiger charge is -2.33. The number of thiophene rings is 1. The monoisotopic (exact) mass is 432 g/mol. The van der Waals surface area contributed by atoms with Crippen molar-refractivity contribution >= 4 is 35.1 Å². The number of piperidine rings is 1. The van der Waals surface area contributed by atoms with Gasteiger partial charge in [0.05, 0.1) is 5.56 Å². The van der Waals surface area contributed by atoms with Crippen LogP contribution in [0.2, 0.25) is 0 Å². The van der Waals surface area contributed by atoms with Crippen molar-refractivity contribution in [2.45, 2.75) is 55.9 Å². The second-order valence-electron chi connectivity index (χ2n) is 8.08. The molecule has 0 unspecified atom stereocenters. The zero-order valence-electron chi connectivity index (χ0n) is 17.1. The maximum atomic E-state index is 12.9. The first kappa shape index (κ1) is 21.7. The van der Waals surface area contributed by atoms with Crippen molar-refractivity contribution in [3.05, 3.63) is 52.2 Å². The number of amides is 2. The molecule has 1 fully saturated rings. The number of carbonyl (C=O) groups is 2. The van der Waals surface area contributed by atoms with Gasteiger partial charge in [-0.1, -0.05) is 18.2 Å². The van der Waals surface area contributed by atoms with Crippen molar-refractivity contribution in [1.82, 2.24) is 10.2 Å². The third kappa shape index (κ3) is 6.51. The molecule has 0 atom stereocenters. The van der Waals surface area contributed by atoms with Crippen LogP contribution in [0, 0.1) is 0 Å². The lowest BCUT2D eigenvalue weighted by atomic mass is 10.0. The lowest BCUT2D eigenvalue weighted by Crippen LogP contribution is -2.47.